The fourth-order valence-corrected chi connectivity index (χ4v) is 3.01. The number of carboxylic acid groups (broad SMARTS) is 1. The first kappa shape index (κ1) is 18.1. The van der Waals surface area contributed by atoms with Crippen LogP contribution in [0, 0.1) is 0 Å². The van der Waals surface area contributed by atoms with E-state index < -0.39 is 17.4 Å². The van der Waals surface area contributed by atoms with E-state index in [1.54, 1.807) is 18.2 Å². The Kier molecular flexibility index (Phi) is 6.46. The first-order chi connectivity index (χ1) is 11.6. The fourth-order valence-electron chi connectivity index (χ4n) is 3.01. The number of ether oxygens (including phenoxy) is 2. The van der Waals surface area contributed by atoms with Gasteiger partial charge in [-0.25, -0.2) is 4.79 Å². The fraction of sp³-hybridized carbons (Fsp3) is 0.556. The Balaban J connectivity index is 1.98. The summed E-state index contributed by atoms with van der Waals surface area (Å²) >= 11 is 0. The van der Waals surface area contributed by atoms with Crippen LogP contribution in [0.2, 0.25) is 0 Å². The summed E-state index contributed by atoms with van der Waals surface area (Å²) in [4.78, 5) is 23.9. The zero-order valence-electron chi connectivity index (χ0n) is 14.0. The SMILES string of the molecule is CCOc1ccccc1OCC(=O)NC1(C(=O)O)CCCCCC1. The average molecular weight is 335 g/mol. The van der Waals surface area contributed by atoms with E-state index in [0.29, 0.717) is 30.9 Å². The quantitative estimate of drug-likeness (QED) is 0.749. The summed E-state index contributed by atoms with van der Waals surface area (Å²) in [6.07, 6.45) is 4.54. The number of carbonyl (C=O) groups is 2. The third-order valence-corrected chi connectivity index (χ3v) is 4.25. The minimum atomic E-state index is -1.17. The molecule has 2 N–H and O–H groups in total. The zero-order valence-corrected chi connectivity index (χ0v) is 14.0. The van der Waals surface area contributed by atoms with Crippen molar-refractivity contribution in [1.29, 1.82) is 0 Å². The van der Waals surface area contributed by atoms with E-state index in [1.165, 1.54) is 0 Å². The van der Waals surface area contributed by atoms with Crippen molar-refractivity contribution in [2.45, 2.75) is 51.0 Å². The van der Waals surface area contributed by atoms with Gasteiger partial charge in [0.1, 0.15) is 5.54 Å². The van der Waals surface area contributed by atoms with Gasteiger partial charge in [0, 0.05) is 0 Å². The van der Waals surface area contributed by atoms with Gasteiger partial charge in [0.25, 0.3) is 5.91 Å². The molecule has 24 heavy (non-hydrogen) atoms. The summed E-state index contributed by atoms with van der Waals surface area (Å²) in [5, 5.41) is 12.3. The Labute approximate surface area is 142 Å². The van der Waals surface area contributed by atoms with E-state index in [4.69, 9.17) is 9.47 Å². The van der Waals surface area contributed by atoms with Crippen molar-refractivity contribution in [3.63, 3.8) is 0 Å². The van der Waals surface area contributed by atoms with Crippen LogP contribution >= 0.6 is 0 Å². The number of hydrogen-bond donors (Lipinski definition) is 2. The van der Waals surface area contributed by atoms with E-state index in [0.717, 1.165) is 25.7 Å². The number of amides is 1. The van der Waals surface area contributed by atoms with Gasteiger partial charge in [-0.05, 0) is 31.9 Å². The molecular formula is C18H25NO5. The lowest BCUT2D eigenvalue weighted by molar-refractivity contribution is -0.148. The molecule has 0 radical (unpaired) electrons. The molecule has 0 saturated heterocycles. The van der Waals surface area contributed by atoms with Gasteiger partial charge >= 0.3 is 5.97 Å². The Bertz CT molecular complexity index is 564. The summed E-state index contributed by atoms with van der Waals surface area (Å²) in [7, 11) is 0. The number of hydrogen-bond acceptors (Lipinski definition) is 4. The average Bonchev–Trinajstić information content (AvgIpc) is 2.81. The van der Waals surface area contributed by atoms with Crippen LogP contribution in [0.1, 0.15) is 45.4 Å². The largest absolute Gasteiger partial charge is 0.490 e. The molecule has 0 bridgehead atoms. The Morgan fingerprint density at radius 1 is 1.08 bits per heavy atom. The molecule has 1 aliphatic rings. The van der Waals surface area contributed by atoms with Gasteiger partial charge in [0.2, 0.25) is 0 Å². The molecular weight excluding hydrogens is 310 g/mol. The van der Waals surface area contributed by atoms with Crippen LogP contribution in [0.4, 0.5) is 0 Å². The molecule has 1 fully saturated rings. The first-order valence-corrected chi connectivity index (χ1v) is 8.46. The molecule has 1 saturated carbocycles. The Morgan fingerprint density at radius 3 is 2.21 bits per heavy atom. The number of benzene rings is 1. The monoisotopic (exact) mass is 335 g/mol. The second-order valence-electron chi connectivity index (χ2n) is 6.02. The molecule has 1 amide bonds. The lowest BCUT2D eigenvalue weighted by Crippen LogP contribution is -2.55. The van der Waals surface area contributed by atoms with Crippen molar-refractivity contribution in [2.75, 3.05) is 13.2 Å². The molecule has 1 aromatic carbocycles. The first-order valence-electron chi connectivity index (χ1n) is 8.46. The van der Waals surface area contributed by atoms with E-state index in [2.05, 4.69) is 5.32 Å². The number of para-hydroxylation sites is 2. The topological polar surface area (TPSA) is 84.9 Å². The molecule has 0 aromatic heterocycles. The molecule has 2 rings (SSSR count). The molecule has 0 unspecified atom stereocenters. The van der Waals surface area contributed by atoms with Crippen molar-refractivity contribution in [3.05, 3.63) is 24.3 Å². The highest BCUT2D eigenvalue weighted by Gasteiger charge is 2.40. The smallest absolute Gasteiger partial charge is 0.329 e. The normalized spacial score (nSPS) is 16.7. The maximum Gasteiger partial charge on any atom is 0.329 e. The van der Waals surface area contributed by atoms with Gasteiger partial charge in [-0.3, -0.25) is 4.79 Å². The standard InChI is InChI=1S/C18H25NO5/c1-2-23-14-9-5-6-10-15(14)24-13-16(20)19-18(17(21)22)11-7-3-4-8-12-18/h5-6,9-10H,2-4,7-8,11-13H2,1H3,(H,19,20)(H,21,22). The maximum absolute atomic E-state index is 12.2. The second-order valence-corrected chi connectivity index (χ2v) is 6.02. The molecule has 1 aromatic rings. The maximum atomic E-state index is 12.2. The summed E-state index contributed by atoms with van der Waals surface area (Å²) in [5.41, 5.74) is -1.17. The zero-order chi connectivity index (χ0) is 17.4. The number of aliphatic carboxylic acids is 1. The number of nitrogens with one attached hydrogen (secondary N) is 1. The summed E-state index contributed by atoms with van der Waals surface area (Å²) in [6, 6.07) is 7.10. The number of carbonyl (C=O) groups excluding carboxylic acids is 1. The Hall–Kier alpha value is -2.24. The minimum absolute atomic E-state index is 0.237. The van der Waals surface area contributed by atoms with Crippen LogP contribution < -0.4 is 14.8 Å². The van der Waals surface area contributed by atoms with Gasteiger partial charge < -0.3 is 19.9 Å². The van der Waals surface area contributed by atoms with Gasteiger partial charge in [0.15, 0.2) is 18.1 Å². The summed E-state index contributed by atoms with van der Waals surface area (Å²) in [5.74, 6) is -0.354. The van der Waals surface area contributed by atoms with Gasteiger partial charge in [-0.1, -0.05) is 37.8 Å². The van der Waals surface area contributed by atoms with Gasteiger partial charge in [-0.2, -0.15) is 0 Å². The van der Waals surface area contributed by atoms with Crippen LogP contribution in [0.15, 0.2) is 24.3 Å². The number of carboxylic acids is 1. The van der Waals surface area contributed by atoms with Crippen molar-refractivity contribution in [2.24, 2.45) is 0 Å². The van der Waals surface area contributed by atoms with E-state index in [1.807, 2.05) is 13.0 Å². The van der Waals surface area contributed by atoms with Crippen molar-refractivity contribution in [1.82, 2.24) is 5.32 Å². The third-order valence-electron chi connectivity index (χ3n) is 4.25. The third kappa shape index (κ3) is 4.63. The summed E-state index contributed by atoms with van der Waals surface area (Å²) in [6.45, 7) is 2.12. The highest BCUT2D eigenvalue weighted by Crippen LogP contribution is 2.28. The van der Waals surface area contributed by atoms with Crippen LogP contribution in [-0.4, -0.2) is 35.7 Å². The van der Waals surface area contributed by atoms with Crippen molar-refractivity contribution >= 4 is 11.9 Å². The molecule has 0 aliphatic heterocycles. The molecule has 132 valence electrons. The second kappa shape index (κ2) is 8.57. The lowest BCUT2D eigenvalue weighted by atomic mass is 9.90. The van der Waals surface area contributed by atoms with Crippen LogP contribution in [-0.2, 0) is 9.59 Å². The number of rotatable bonds is 7. The highest BCUT2D eigenvalue weighted by molar-refractivity contribution is 5.87. The van der Waals surface area contributed by atoms with E-state index in [9.17, 15) is 14.7 Å². The lowest BCUT2D eigenvalue weighted by Gasteiger charge is -2.29. The molecule has 1 aliphatic carbocycles. The van der Waals surface area contributed by atoms with Gasteiger partial charge in [-0.15, -0.1) is 0 Å². The molecule has 0 heterocycles. The van der Waals surface area contributed by atoms with E-state index in [-0.39, 0.29) is 6.61 Å². The predicted octanol–water partition coefficient (Wildman–Crippen LogP) is 2.76. The van der Waals surface area contributed by atoms with Gasteiger partial charge in [0.05, 0.1) is 6.61 Å². The van der Waals surface area contributed by atoms with Crippen molar-refractivity contribution < 1.29 is 24.2 Å². The molecule has 6 nitrogen and oxygen atoms in total. The van der Waals surface area contributed by atoms with Crippen LogP contribution in [0.3, 0.4) is 0 Å². The molecule has 0 atom stereocenters. The van der Waals surface area contributed by atoms with Crippen LogP contribution in [0.5, 0.6) is 11.5 Å². The minimum Gasteiger partial charge on any atom is -0.490 e. The van der Waals surface area contributed by atoms with Crippen LogP contribution in [0.25, 0.3) is 0 Å². The highest BCUT2D eigenvalue weighted by atomic mass is 16.5. The predicted molar refractivity (Wildman–Crippen MR) is 89.3 cm³/mol. The Morgan fingerprint density at radius 2 is 1.67 bits per heavy atom. The summed E-state index contributed by atoms with van der Waals surface area (Å²) < 4.78 is 11.0. The molecule has 6 heteroatoms. The molecule has 0 spiro atoms. The van der Waals surface area contributed by atoms with E-state index >= 15 is 0 Å². The van der Waals surface area contributed by atoms with Crippen molar-refractivity contribution in [3.8, 4) is 11.5 Å².